The van der Waals surface area contributed by atoms with Crippen molar-refractivity contribution < 1.29 is 9.90 Å². The molecule has 18 heavy (non-hydrogen) atoms. The van der Waals surface area contributed by atoms with Crippen LogP contribution in [-0.4, -0.2) is 23.7 Å². The second kappa shape index (κ2) is 4.61. The molecule has 0 aliphatic rings. The first-order valence-electron chi connectivity index (χ1n) is 5.84. The number of hydrogen-bond donors (Lipinski definition) is 1. The molecule has 2 rings (SSSR count). The molecule has 0 saturated carbocycles. The Bertz CT molecular complexity index is 574. The number of thiophene rings is 1. The van der Waals surface area contributed by atoms with Gasteiger partial charge in [0, 0.05) is 28.1 Å². The number of hydrogen-bond acceptors (Lipinski definition) is 3. The van der Waals surface area contributed by atoms with Crippen LogP contribution in [0.3, 0.4) is 0 Å². The average molecular weight is 263 g/mol. The molecule has 1 aromatic heterocycles. The summed E-state index contributed by atoms with van der Waals surface area (Å²) >= 11 is 1.69. The van der Waals surface area contributed by atoms with E-state index in [1.165, 1.54) is 10.1 Å². The summed E-state index contributed by atoms with van der Waals surface area (Å²) in [4.78, 5) is 13.0. The second-order valence-electron chi connectivity index (χ2n) is 5.06. The van der Waals surface area contributed by atoms with Gasteiger partial charge < -0.3 is 10.0 Å². The van der Waals surface area contributed by atoms with Crippen molar-refractivity contribution in [3.63, 3.8) is 0 Å². The minimum absolute atomic E-state index is 0.119. The van der Waals surface area contributed by atoms with E-state index in [2.05, 4.69) is 22.4 Å². The lowest BCUT2D eigenvalue weighted by molar-refractivity contribution is -0.138. The van der Waals surface area contributed by atoms with Crippen molar-refractivity contribution in [2.24, 2.45) is 0 Å². The van der Waals surface area contributed by atoms with Gasteiger partial charge in [-0.25, -0.2) is 0 Å². The van der Waals surface area contributed by atoms with Crippen LogP contribution in [0.2, 0.25) is 0 Å². The summed E-state index contributed by atoms with van der Waals surface area (Å²) < 4.78 is 1.23. The van der Waals surface area contributed by atoms with Crippen molar-refractivity contribution in [3.05, 3.63) is 29.6 Å². The van der Waals surface area contributed by atoms with Crippen molar-refractivity contribution in [1.82, 2.24) is 0 Å². The quantitative estimate of drug-likeness (QED) is 0.916. The van der Waals surface area contributed by atoms with Gasteiger partial charge >= 0.3 is 5.97 Å². The lowest BCUT2D eigenvalue weighted by Crippen LogP contribution is -2.42. The molecule has 0 unspecified atom stereocenters. The van der Waals surface area contributed by atoms with Crippen molar-refractivity contribution in [2.45, 2.75) is 25.8 Å². The van der Waals surface area contributed by atoms with E-state index in [-0.39, 0.29) is 6.42 Å². The number of carboxylic acid groups (broad SMARTS) is 1. The number of benzene rings is 1. The van der Waals surface area contributed by atoms with Crippen molar-refractivity contribution >= 4 is 33.1 Å². The van der Waals surface area contributed by atoms with Gasteiger partial charge in [-0.1, -0.05) is 18.2 Å². The van der Waals surface area contributed by atoms with Gasteiger partial charge in [0.15, 0.2) is 0 Å². The monoisotopic (exact) mass is 263 g/mol. The van der Waals surface area contributed by atoms with Crippen LogP contribution in [0.4, 0.5) is 5.69 Å². The normalized spacial score (nSPS) is 11.7. The minimum Gasteiger partial charge on any atom is -0.481 e. The van der Waals surface area contributed by atoms with Gasteiger partial charge in [0.1, 0.15) is 0 Å². The lowest BCUT2D eigenvalue weighted by Gasteiger charge is -2.36. The van der Waals surface area contributed by atoms with E-state index in [9.17, 15) is 4.79 Å². The average Bonchev–Trinajstić information content (AvgIpc) is 2.69. The first-order valence-corrected chi connectivity index (χ1v) is 6.71. The molecule has 0 aliphatic heterocycles. The number of carbonyl (C=O) groups is 1. The van der Waals surface area contributed by atoms with E-state index in [1.54, 1.807) is 11.3 Å². The first-order chi connectivity index (χ1) is 8.42. The molecule has 1 aromatic carbocycles. The Kier molecular flexibility index (Phi) is 3.30. The summed E-state index contributed by atoms with van der Waals surface area (Å²) in [6.45, 7) is 3.90. The number of carboxylic acids is 1. The van der Waals surface area contributed by atoms with Gasteiger partial charge in [-0.15, -0.1) is 11.3 Å². The molecular formula is C14H17NO2S. The molecule has 0 aliphatic carbocycles. The third-order valence-corrected chi connectivity index (χ3v) is 4.26. The van der Waals surface area contributed by atoms with E-state index in [0.717, 1.165) is 5.69 Å². The Morgan fingerprint density at radius 3 is 2.72 bits per heavy atom. The van der Waals surface area contributed by atoms with E-state index in [0.29, 0.717) is 0 Å². The molecule has 0 atom stereocenters. The molecule has 96 valence electrons. The van der Waals surface area contributed by atoms with E-state index in [4.69, 9.17) is 5.11 Å². The van der Waals surface area contributed by atoms with Crippen LogP contribution in [0, 0.1) is 0 Å². The summed E-state index contributed by atoms with van der Waals surface area (Å²) in [6.07, 6.45) is 0.119. The maximum atomic E-state index is 10.9. The summed E-state index contributed by atoms with van der Waals surface area (Å²) in [5, 5.41) is 12.3. The van der Waals surface area contributed by atoms with Gasteiger partial charge in [-0.05, 0) is 19.9 Å². The molecule has 0 amide bonds. The summed E-state index contributed by atoms with van der Waals surface area (Å²) in [6, 6.07) is 8.19. The zero-order valence-electron chi connectivity index (χ0n) is 10.8. The van der Waals surface area contributed by atoms with Crippen LogP contribution < -0.4 is 4.90 Å². The Balaban J connectivity index is 2.39. The summed E-state index contributed by atoms with van der Waals surface area (Å²) in [5.41, 5.74) is 0.692. The first kappa shape index (κ1) is 12.9. The van der Waals surface area contributed by atoms with Crippen LogP contribution in [0.1, 0.15) is 20.3 Å². The van der Waals surface area contributed by atoms with E-state index >= 15 is 0 Å². The highest BCUT2D eigenvalue weighted by molar-refractivity contribution is 7.17. The molecule has 0 bridgehead atoms. The number of fused-ring (bicyclic) bond motifs is 1. The van der Waals surface area contributed by atoms with Crippen LogP contribution in [0.5, 0.6) is 0 Å². The number of aliphatic carboxylic acids is 1. The highest BCUT2D eigenvalue weighted by atomic mass is 32.1. The molecule has 0 fully saturated rings. The molecule has 0 saturated heterocycles. The van der Waals surface area contributed by atoms with E-state index in [1.807, 2.05) is 33.0 Å². The molecule has 4 heteroatoms. The Morgan fingerprint density at radius 1 is 1.39 bits per heavy atom. The van der Waals surface area contributed by atoms with Gasteiger partial charge in [0.2, 0.25) is 0 Å². The smallest absolute Gasteiger partial charge is 0.305 e. The molecule has 3 nitrogen and oxygen atoms in total. The summed E-state index contributed by atoms with van der Waals surface area (Å²) in [5.74, 6) is -0.772. The van der Waals surface area contributed by atoms with Crippen LogP contribution in [-0.2, 0) is 4.79 Å². The van der Waals surface area contributed by atoms with Crippen molar-refractivity contribution in [1.29, 1.82) is 0 Å². The fraction of sp³-hybridized carbons (Fsp3) is 0.357. The largest absolute Gasteiger partial charge is 0.481 e. The lowest BCUT2D eigenvalue weighted by atomic mass is 9.98. The molecule has 1 heterocycles. The number of anilines is 1. The van der Waals surface area contributed by atoms with Crippen LogP contribution in [0.15, 0.2) is 29.6 Å². The Hall–Kier alpha value is -1.55. The number of rotatable bonds is 4. The number of nitrogens with zero attached hydrogens (tertiary/aromatic N) is 1. The predicted octanol–water partition coefficient (Wildman–Crippen LogP) is 3.59. The third-order valence-electron chi connectivity index (χ3n) is 3.31. The van der Waals surface area contributed by atoms with Crippen molar-refractivity contribution in [2.75, 3.05) is 11.9 Å². The molecule has 0 radical (unpaired) electrons. The van der Waals surface area contributed by atoms with Gasteiger partial charge in [-0.2, -0.15) is 0 Å². The zero-order chi connectivity index (χ0) is 13.3. The fourth-order valence-corrected chi connectivity index (χ4v) is 3.02. The molecule has 1 N–H and O–H groups in total. The van der Waals surface area contributed by atoms with Crippen molar-refractivity contribution in [3.8, 4) is 0 Å². The van der Waals surface area contributed by atoms with E-state index < -0.39 is 11.5 Å². The van der Waals surface area contributed by atoms with Crippen LogP contribution in [0.25, 0.3) is 10.1 Å². The molecule has 0 spiro atoms. The van der Waals surface area contributed by atoms with Gasteiger partial charge in [0.05, 0.1) is 12.1 Å². The Morgan fingerprint density at radius 2 is 2.06 bits per heavy atom. The maximum Gasteiger partial charge on any atom is 0.305 e. The standard InChI is InChI=1S/C14H17NO2S/c1-14(2,8-13(16)17)15(3)11-9-18-12-7-5-4-6-10(11)12/h4-7,9H,8H2,1-3H3,(H,16,17). The Labute approximate surface area is 111 Å². The predicted molar refractivity (Wildman–Crippen MR) is 76.6 cm³/mol. The zero-order valence-corrected chi connectivity index (χ0v) is 11.6. The topological polar surface area (TPSA) is 40.5 Å². The highest BCUT2D eigenvalue weighted by Gasteiger charge is 2.28. The fourth-order valence-electron chi connectivity index (χ4n) is 2.04. The van der Waals surface area contributed by atoms with Crippen LogP contribution >= 0.6 is 11.3 Å². The van der Waals surface area contributed by atoms with Gasteiger partial charge in [-0.3, -0.25) is 4.79 Å². The summed E-state index contributed by atoms with van der Waals surface area (Å²) in [7, 11) is 1.96. The maximum absolute atomic E-state index is 10.9. The molecule has 2 aromatic rings. The second-order valence-corrected chi connectivity index (χ2v) is 5.97. The third kappa shape index (κ3) is 2.34. The SMILES string of the molecule is CN(c1csc2ccccc12)C(C)(C)CC(=O)O. The van der Waals surface area contributed by atoms with Gasteiger partial charge in [0.25, 0.3) is 0 Å². The highest BCUT2D eigenvalue weighted by Crippen LogP contribution is 2.36. The minimum atomic E-state index is -0.772. The molecular weight excluding hydrogens is 246 g/mol.